The molecule has 1 aromatic carbocycles. The summed E-state index contributed by atoms with van der Waals surface area (Å²) in [6, 6.07) is 6.76. The van der Waals surface area contributed by atoms with E-state index in [0.29, 0.717) is 12.4 Å². The van der Waals surface area contributed by atoms with Crippen molar-refractivity contribution in [2.24, 2.45) is 0 Å². The predicted molar refractivity (Wildman–Crippen MR) is 82.6 cm³/mol. The van der Waals surface area contributed by atoms with Crippen LogP contribution in [0.3, 0.4) is 0 Å². The van der Waals surface area contributed by atoms with Crippen molar-refractivity contribution >= 4 is 11.8 Å². The van der Waals surface area contributed by atoms with Crippen LogP contribution in [0, 0.1) is 0 Å². The van der Waals surface area contributed by atoms with Crippen molar-refractivity contribution in [2.45, 2.75) is 18.8 Å². The van der Waals surface area contributed by atoms with E-state index in [2.05, 4.69) is 25.5 Å². The summed E-state index contributed by atoms with van der Waals surface area (Å²) in [5.41, 5.74) is 0.884. The van der Waals surface area contributed by atoms with E-state index in [0.717, 1.165) is 23.6 Å². The van der Waals surface area contributed by atoms with Gasteiger partial charge in [0, 0.05) is 24.6 Å². The average Bonchev–Trinajstić information content (AvgIpc) is 3.08. The van der Waals surface area contributed by atoms with Gasteiger partial charge in [-0.15, -0.1) is 10.2 Å². The smallest absolute Gasteiger partial charge is 0.422 e. The number of tetrazole rings is 1. The molecule has 1 aromatic heterocycles. The van der Waals surface area contributed by atoms with Crippen molar-refractivity contribution in [3.63, 3.8) is 0 Å². The minimum absolute atomic E-state index is 0.0299. The summed E-state index contributed by atoms with van der Waals surface area (Å²) in [5, 5.41) is 14.2. The van der Waals surface area contributed by atoms with Crippen LogP contribution < -0.4 is 4.74 Å². The van der Waals surface area contributed by atoms with Crippen LogP contribution in [0.1, 0.15) is 17.4 Å². The average molecular weight is 359 g/mol. The number of thioether (sulfide) groups is 1. The van der Waals surface area contributed by atoms with Gasteiger partial charge in [0.05, 0.1) is 6.04 Å². The molecular weight excluding hydrogens is 343 g/mol. The Morgan fingerprint density at radius 2 is 2.25 bits per heavy atom. The molecule has 1 atom stereocenters. The number of aromatic nitrogens is 4. The maximum absolute atomic E-state index is 12.3. The van der Waals surface area contributed by atoms with Gasteiger partial charge in [0.15, 0.2) is 12.4 Å². The molecule has 10 heteroatoms. The normalized spacial score (nSPS) is 19.4. The summed E-state index contributed by atoms with van der Waals surface area (Å²) in [6.45, 7) is 0.142. The van der Waals surface area contributed by atoms with Crippen LogP contribution in [-0.4, -0.2) is 56.4 Å². The van der Waals surface area contributed by atoms with Gasteiger partial charge >= 0.3 is 6.18 Å². The third-order valence-corrected chi connectivity index (χ3v) is 4.61. The second kappa shape index (κ2) is 7.39. The number of benzene rings is 1. The Hall–Kier alpha value is -1.81. The van der Waals surface area contributed by atoms with Gasteiger partial charge in [-0.2, -0.15) is 30.1 Å². The van der Waals surface area contributed by atoms with Gasteiger partial charge in [-0.1, -0.05) is 17.3 Å². The van der Waals surface area contributed by atoms with E-state index in [-0.39, 0.29) is 11.8 Å². The summed E-state index contributed by atoms with van der Waals surface area (Å²) in [5.74, 6) is 2.68. The lowest BCUT2D eigenvalue weighted by molar-refractivity contribution is -0.153. The number of nitrogens with one attached hydrogen (secondary N) is 1. The largest absolute Gasteiger partial charge is 0.484 e. The molecule has 0 spiro atoms. The van der Waals surface area contributed by atoms with Gasteiger partial charge in [0.2, 0.25) is 0 Å². The van der Waals surface area contributed by atoms with Crippen LogP contribution in [0.5, 0.6) is 5.75 Å². The highest BCUT2D eigenvalue weighted by atomic mass is 32.2. The van der Waals surface area contributed by atoms with E-state index in [1.54, 1.807) is 12.1 Å². The highest BCUT2D eigenvalue weighted by Crippen LogP contribution is 2.29. The van der Waals surface area contributed by atoms with Crippen molar-refractivity contribution < 1.29 is 17.9 Å². The monoisotopic (exact) mass is 359 g/mol. The molecule has 0 aliphatic carbocycles. The molecule has 2 heterocycles. The minimum atomic E-state index is -4.34. The third kappa shape index (κ3) is 4.60. The number of nitrogens with zero attached hydrogens (tertiary/aromatic N) is 4. The third-order valence-electron chi connectivity index (χ3n) is 3.59. The number of alkyl halides is 3. The maximum atomic E-state index is 12.3. The van der Waals surface area contributed by atoms with Crippen molar-refractivity contribution in [2.75, 3.05) is 24.7 Å². The Morgan fingerprint density at radius 1 is 1.38 bits per heavy atom. The first-order chi connectivity index (χ1) is 11.5. The molecule has 1 fully saturated rings. The van der Waals surface area contributed by atoms with E-state index in [1.165, 1.54) is 6.07 Å². The van der Waals surface area contributed by atoms with Crippen LogP contribution >= 0.6 is 11.8 Å². The molecule has 1 unspecified atom stereocenters. The van der Waals surface area contributed by atoms with Gasteiger partial charge < -0.3 is 4.74 Å². The molecule has 1 aliphatic heterocycles. The van der Waals surface area contributed by atoms with Crippen LogP contribution in [0.25, 0.3) is 0 Å². The molecule has 1 saturated heterocycles. The summed E-state index contributed by atoms with van der Waals surface area (Å²) < 4.78 is 41.6. The van der Waals surface area contributed by atoms with Crippen LogP contribution in [-0.2, 0) is 6.54 Å². The van der Waals surface area contributed by atoms with Gasteiger partial charge in [-0.3, -0.25) is 4.90 Å². The Kier molecular flexibility index (Phi) is 5.24. The molecule has 0 saturated carbocycles. The van der Waals surface area contributed by atoms with E-state index in [4.69, 9.17) is 4.74 Å². The first kappa shape index (κ1) is 17.0. The van der Waals surface area contributed by atoms with Gasteiger partial charge in [-0.05, 0) is 17.7 Å². The number of halogens is 3. The lowest BCUT2D eigenvalue weighted by atomic mass is 10.1. The number of hydrogen-bond donors (Lipinski definition) is 1. The van der Waals surface area contributed by atoms with Crippen molar-refractivity contribution in [1.82, 2.24) is 25.5 Å². The van der Waals surface area contributed by atoms with E-state index < -0.39 is 12.8 Å². The van der Waals surface area contributed by atoms with E-state index >= 15 is 0 Å². The van der Waals surface area contributed by atoms with Crippen molar-refractivity contribution in [3.05, 3.63) is 35.7 Å². The molecule has 0 amide bonds. The van der Waals surface area contributed by atoms with E-state index in [1.807, 2.05) is 17.8 Å². The molecule has 3 rings (SSSR count). The molecule has 1 aliphatic rings. The molecular formula is C14H16F3N5OS. The highest BCUT2D eigenvalue weighted by Gasteiger charge is 2.29. The van der Waals surface area contributed by atoms with Crippen LogP contribution in [0.15, 0.2) is 24.3 Å². The molecule has 130 valence electrons. The summed E-state index contributed by atoms with van der Waals surface area (Å²) >= 11 is 1.82. The number of H-pyrrole nitrogens is 1. The predicted octanol–water partition coefficient (Wildman–Crippen LogP) is 2.43. The molecule has 0 radical (unpaired) electrons. The van der Waals surface area contributed by atoms with Crippen molar-refractivity contribution in [1.29, 1.82) is 0 Å². The Bertz CT molecular complexity index is 652. The highest BCUT2D eigenvalue weighted by molar-refractivity contribution is 7.99. The standard InChI is InChI=1S/C14H16F3N5OS/c15-14(16,17)9-23-11-3-1-2-10(6-11)7-22-4-5-24-8-12(22)13-18-20-21-19-13/h1-3,6,12H,4-5,7-9H2,(H,18,19,20,21). The SMILES string of the molecule is FC(F)(F)COc1cccc(CN2CCSCC2c2nn[nH]n2)c1. The number of hydrogen-bond acceptors (Lipinski definition) is 6. The van der Waals surface area contributed by atoms with Crippen molar-refractivity contribution in [3.8, 4) is 5.75 Å². The number of rotatable bonds is 5. The fraction of sp³-hybridized carbons (Fsp3) is 0.500. The quantitative estimate of drug-likeness (QED) is 0.884. The zero-order chi connectivity index (χ0) is 17.0. The molecule has 6 nitrogen and oxygen atoms in total. The first-order valence-corrected chi connectivity index (χ1v) is 8.50. The number of aromatic amines is 1. The molecule has 1 N–H and O–H groups in total. The Balaban J connectivity index is 1.68. The fourth-order valence-electron chi connectivity index (χ4n) is 2.51. The Labute approximate surface area is 140 Å². The lowest BCUT2D eigenvalue weighted by Crippen LogP contribution is -2.36. The van der Waals surface area contributed by atoms with Gasteiger partial charge in [0.1, 0.15) is 5.75 Å². The molecule has 0 bridgehead atoms. The van der Waals surface area contributed by atoms with E-state index in [9.17, 15) is 13.2 Å². The second-order valence-corrected chi connectivity index (χ2v) is 6.53. The summed E-state index contributed by atoms with van der Waals surface area (Å²) in [4.78, 5) is 2.20. The molecule has 2 aromatic rings. The summed E-state index contributed by atoms with van der Waals surface area (Å²) in [7, 11) is 0. The number of ether oxygens (including phenoxy) is 1. The van der Waals surface area contributed by atoms with Gasteiger partial charge in [-0.25, -0.2) is 0 Å². The van der Waals surface area contributed by atoms with Crippen LogP contribution in [0.2, 0.25) is 0 Å². The fourth-order valence-corrected chi connectivity index (χ4v) is 3.62. The second-order valence-electron chi connectivity index (χ2n) is 5.38. The minimum Gasteiger partial charge on any atom is -0.484 e. The maximum Gasteiger partial charge on any atom is 0.422 e. The lowest BCUT2D eigenvalue weighted by Gasteiger charge is -2.33. The zero-order valence-electron chi connectivity index (χ0n) is 12.7. The topological polar surface area (TPSA) is 66.9 Å². The van der Waals surface area contributed by atoms with Gasteiger partial charge in [0.25, 0.3) is 0 Å². The first-order valence-electron chi connectivity index (χ1n) is 7.35. The van der Waals surface area contributed by atoms with Crippen LogP contribution in [0.4, 0.5) is 13.2 Å². The summed E-state index contributed by atoms with van der Waals surface area (Å²) in [6.07, 6.45) is -4.34. The zero-order valence-corrected chi connectivity index (χ0v) is 13.5. The Morgan fingerprint density at radius 3 is 3.00 bits per heavy atom. The molecule has 24 heavy (non-hydrogen) atoms.